The number of carbonyl (C=O) groups is 1. The van der Waals surface area contributed by atoms with Gasteiger partial charge in [-0.15, -0.1) is 0 Å². The quantitative estimate of drug-likeness (QED) is 0.928. The van der Waals surface area contributed by atoms with E-state index in [1.165, 1.54) is 7.11 Å². The Morgan fingerprint density at radius 2 is 2.27 bits per heavy atom. The van der Waals surface area contributed by atoms with Gasteiger partial charge in [-0.3, -0.25) is 4.79 Å². The first-order valence-corrected chi connectivity index (χ1v) is 5.45. The second kappa shape index (κ2) is 5.37. The van der Waals surface area contributed by atoms with Gasteiger partial charge in [-0.2, -0.15) is 0 Å². The number of ether oxygens (including phenoxy) is 1. The summed E-state index contributed by atoms with van der Waals surface area (Å²) >= 11 is 9.17. The number of methoxy groups -OCH3 is 1. The minimum absolute atomic E-state index is 0.0738. The van der Waals surface area contributed by atoms with Gasteiger partial charge >= 0.3 is 5.97 Å². The summed E-state index contributed by atoms with van der Waals surface area (Å²) < 4.78 is 5.86. The summed E-state index contributed by atoms with van der Waals surface area (Å²) in [6.07, 6.45) is 0.499. The number of hydrogen-bond acceptors (Lipinski definition) is 2. The van der Waals surface area contributed by atoms with Crippen LogP contribution in [-0.2, 0) is 11.2 Å². The molecule has 82 valence electrons. The molecule has 0 heterocycles. The maximum absolute atomic E-state index is 10.4. The highest BCUT2D eigenvalue weighted by molar-refractivity contribution is 9.10. The van der Waals surface area contributed by atoms with E-state index in [9.17, 15) is 4.79 Å². The lowest BCUT2D eigenvalue weighted by molar-refractivity contribution is -0.136. The van der Waals surface area contributed by atoms with Crippen molar-refractivity contribution in [1.29, 1.82) is 0 Å². The Balaban J connectivity index is 2.94. The van der Waals surface area contributed by atoms with Crippen molar-refractivity contribution in [3.63, 3.8) is 0 Å². The monoisotopic (exact) mass is 292 g/mol. The molecule has 0 aliphatic heterocycles. The molecule has 0 aliphatic carbocycles. The zero-order valence-corrected chi connectivity index (χ0v) is 10.4. The molecular weight excluding hydrogens is 283 g/mol. The van der Waals surface area contributed by atoms with Gasteiger partial charge in [-0.25, -0.2) is 0 Å². The summed E-state index contributed by atoms with van der Waals surface area (Å²) in [5.74, 6) is -0.215. The van der Waals surface area contributed by atoms with Crippen LogP contribution in [0.25, 0.3) is 0 Å². The molecule has 0 radical (unpaired) electrons. The smallest absolute Gasteiger partial charge is 0.303 e. The van der Waals surface area contributed by atoms with E-state index in [4.69, 9.17) is 21.4 Å². The van der Waals surface area contributed by atoms with Crippen molar-refractivity contribution >= 4 is 33.5 Å². The highest BCUT2D eigenvalue weighted by Gasteiger charge is 2.09. The van der Waals surface area contributed by atoms with Crippen molar-refractivity contribution in [3.8, 4) is 5.75 Å². The molecule has 0 bridgehead atoms. The van der Waals surface area contributed by atoms with Crippen LogP contribution in [0.3, 0.4) is 0 Å². The van der Waals surface area contributed by atoms with Crippen LogP contribution in [0.2, 0.25) is 5.02 Å². The molecule has 0 unspecified atom stereocenters. The predicted octanol–water partition coefficient (Wildman–Crippen LogP) is 3.13. The number of aliphatic carboxylic acids is 1. The summed E-state index contributed by atoms with van der Waals surface area (Å²) in [6.45, 7) is 0. The first-order valence-electron chi connectivity index (χ1n) is 4.28. The summed E-state index contributed by atoms with van der Waals surface area (Å²) in [5, 5.41) is 9.13. The van der Waals surface area contributed by atoms with Crippen LogP contribution in [0.15, 0.2) is 16.6 Å². The minimum atomic E-state index is -0.830. The van der Waals surface area contributed by atoms with Crippen LogP contribution in [0.1, 0.15) is 12.0 Å². The zero-order valence-electron chi connectivity index (χ0n) is 8.09. The first kappa shape index (κ1) is 12.3. The van der Waals surface area contributed by atoms with Crippen LogP contribution in [0.4, 0.5) is 0 Å². The average Bonchev–Trinajstić information content (AvgIpc) is 2.19. The van der Waals surface area contributed by atoms with Gasteiger partial charge in [0.25, 0.3) is 0 Å². The fourth-order valence-electron chi connectivity index (χ4n) is 1.20. The molecule has 3 nitrogen and oxygen atoms in total. The van der Waals surface area contributed by atoms with E-state index < -0.39 is 5.97 Å². The van der Waals surface area contributed by atoms with Gasteiger partial charge in [0.2, 0.25) is 0 Å². The summed E-state index contributed by atoms with van der Waals surface area (Å²) in [6, 6.07) is 3.45. The van der Waals surface area contributed by atoms with Crippen molar-refractivity contribution in [2.24, 2.45) is 0 Å². The third kappa shape index (κ3) is 3.39. The van der Waals surface area contributed by atoms with Gasteiger partial charge in [0.05, 0.1) is 12.1 Å². The second-order valence-corrected chi connectivity index (χ2v) is 4.23. The first-order chi connectivity index (χ1) is 7.04. The Morgan fingerprint density at radius 1 is 1.60 bits per heavy atom. The molecule has 1 N–H and O–H groups in total. The van der Waals surface area contributed by atoms with Gasteiger partial charge in [0.1, 0.15) is 5.75 Å². The van der Waals surface area contributed by atoms with E-state index in [0.29, 0.717) is 17.2 Å². The van der Waals surface area contributed by atoms with Gasteiger partial charge < -0.3 is 9.84 Å². The van der Waals surface area contributed by atoms with Crippen LogP contribution in [0.5, 0.6) is 5.75 Å². The van der Waals surface area contributed by atoms with Gasteiger partial charge in [0, 0.05) is 17.0 Å². The van der Waals surface area contributed by atoms with E-state index in [1.807, 2.05) is 0 Å². The van der Waals surface area contributed by atoms with Crippen LogP contribution in [-0.4, -0.2) is 18.2 Å². The number of halogens is 2. The normalized spacial score (nSPS) is 10.1. The summed E-state index contributed by atoms with van der Waals surface area (Å²) in [4.78, 5) is 10.4. The van der Waals surface area contributed by atoms with E-state index in [2.05, 4.69) is 15.9 Å². The Bertz CT molecular complexity index is 379. The number of benzene rings is 1. The lowest BCUT2D eigenvalue weighted by Gasteiger charge is -2.09. The molecule has 0 saturated heterocycles. The molecule has 1 aromatic rings. The summed E-state index contributed by atoms with van der Waals surface area (Å²) in [5.41, 5.74) is 0.830. The van der Waals surface area contributed by atoms with E-state index in [0.717, 1.165) is 10.0 Å². The van der Waals surface area contributed by atoms with E-state index in [1.54, 1.807) is 12.1 Å². The van der Waals surface area contributed by atoms with Crippen molar-refractivity contribution in [3.05, 3.63) is 27.2 Å². The molecule has 0 aliphatic rings. The van der Waals surface area contributed by atoms with Gasteiger partial charge in [0.15, 0.2) is 0 Å². The highest BCUT2D eigenvalue weighted by atomic mass is 79.9. The van der Waals surface area contributed by atoms with E-state index in [-0.39, 0.29) is 6.42 Å². The van der Waals surface area contributed by atoms with Crippen LogP contribution in [0, 0.1) is 0 Å². The number of aryl methyl sites for hydroxylation is 1. The van der Waals surface area contributed by atoms with Crippen molar-refractivity contribution in [2.45, 2.75) is 12.8 Å². The zero-order chi connectivity index (χ0) is 11.4. The fourth-order valence-corrected chi connectivity index (χ4v) is 1.74. The Kier molecular flexibility index (Phi) is 4.42. The SMILES string of the molecule is COc1cc(Cl)c(Br)cc1CCC(=O)O. The maximum atomic E-state index is 10.4. The lowest BCUT2D eigenvalue weighted by Crippen LogP contribution is -1.99. The minimum Gasteiger partial charge on any atom is -0.496 e. The molecule has 0 saturated carbocycles. The number of rotatable bonds is 4. The molecule has 0 spiro atoms. The maximum Gasteiger partial charge on any atom is 0.303 e. The molecule has 0 atom stereocenters. The van der Waals surface area contributed by atoms with Gasteiger partial charge in [-0.05, 0) is 34.0 Å². The highest BCUT2D eigenvalue weighted by Crippen LogP contribution is 2.31. The third-order valence-corrected chi connectivity index (χ3v) is 3.13. The topological polar surface area (TPSA) is 46.5 Å². The number of carboxylic acids is 1. The molecule has 0 amide bonds. The van der Waals surface area contributed by atoms with Gasteiger partial charge in [-0.1, -0.05) is 11.6 Å². The largest absolute Gasteiger partial charge is 0.496 e. The Labute approximate surface area is 101 Å². The molecule has 0 aromatic heterocycles. The standard InChI is InChI=1S/C10H10BrClO3/c1-15-9-5-8(12)7(11)4-6(9)2-3-10(13)14/h4-5H,2-3H2,1H3,(H,13,14). The van der Waals surface area contributed by atoms with Crippen molar-refractivity contribution in [2.75, 3.05) is 7.11 Å². The molecule has 5 heteroatoms. The lowest BCUT2D eigenvalue weighted by atomic mass is 10.1. The molecule has 1 aromatic carbocycles. The van der Waals surface area contributed by atoms with E-state index >= 15 is 0 Å². The van der Waals surface area contributed by atoms with Crippen LogP contribution < -0.4 is 4.74 Å². The Hall–Kier alpha value is -0.740. The van der Waals surface area contributed by atoms with Crippen LogP contribution >= 0.6 is 27.5 Å². The average molecular weight is 294 g/mol. The van der Waals surface area contributed by atoms with Crippen molar-refractivity contribution < 1.29 is 14.6 Å². The molecule has 15 heavy (non-hydrogen) atoms. The molecule has 0 fully saturated rings. The Morgan fingerprint density at radius 3 is 2.80 bits per heavy atom. The molecular formula is C10H10BrClO3. The second-order valence-electron chi connectivity index (χ2n) is 2.97. The summed E-state index contributed by atoms with van der Waals surface area (Å²) in [7, 11) is 1.53. The van der Waals surface area contributed by atoms with Crippen molar-refractivity contribution in [1.82, 2.24) is 0 Å². The predicted molar refractivity (Wildman–Crippen MR) is 61.7 cm³/mol. The number of carboxylic acid groups (broad SMARTS) is 1. The number of hydrogen-bond donors (Lipinski definition) is 1. The molecule has 1 rings (SSSR count). The fraction of sp³-hybridized carbons (Fsp3) is 0.300. The third-order valence-electron chi connectivity index (χ3n) is 1.93.